The van der Waals surface area contributed by atoms with Crippen LogP contribution in [0.1, 0.15) is 50.4 Å². The Labute approximate surface area is 142 Å². The summed E-state index contributed by atoms with van der Waals surface area (Å²) < 4.78 is 5.73. The summed E-state index contributed by atoms with van der Waals surface area (Å²) >= 11 is 0. The van der Waals surface area contributed by atoms with Gasteiger partial charge in [-0.25, -0.2) is 4.79 Å². The monoisotopic (exact) mass is 332 g/mol. The number of hydrogen-bond acceptors (Lipinski definition) is 4. The Balaban J connectivity index is 1.60. The lowest BCUT2D eigenvalue weighted by Gasteiger charge is -2.39. The largest absolute Gasteiger partial charge is 0.619 e. The number of fused-ring (bicyclic) bond motifs is 2. The number of carbonyl (C=O) groups excluding carboxylic acids is 2. The molecule has 3 rings (SSSR count). The van der Waals surface area contributed by atoms with E-state index >= 15 is 0 Å². The van der Waals surface area contributed by atoms with Crippen LogP contribution in [0.3, 0.4) is 0 Å². The molecule has 2 fully saturated rings. The number of ether oxygens (including phenoxy) is 1. The van der Waals surface area contributed by atoms with Gasteiger partial charge in [0.25, 0.3) is 5.91 Å². The first kappa shape index (κ1) is 16.7. The molecule has 2 aliphatic rings. The van der Waals surface area contributed by atoms with Crippen LogP contribution < -0.4 is 4.73 Å². The number of carbonyl (C=O) groups is 2. The number of pyridine rings is 1. The van der Waals surface area contributed by atoms with Crippen molar-refractivity contribution in [3.63, 3.8) is 0 Å². The quantitative estimate of drug-likeness (QED) is 0.481. The van der Waals surface area contributed by atoms with Gasteiger partial charge in [0.05, 0.1) is 5.56 Å². The van der Waals surface area contributed by atoms with Crippen molar-refractivity contribution >= 4 is 11.9 Å². The van der Waals surface area contributed by atoms with Gasteiger partial charge >= 0.3 is 5.97 Å². The molecule has 130 valence electrons. The molecule has 1 aliphatic carbocycles. The fourth-order valence-corrected chi connectivity index (χ4v) is 4.59. The number of rotatable bonds is 3. The van der Waals surface area contributed by atoms with Gasteiger partial charge in [-0.15, -0.1) is 0 Å². The summed E-state index contributed by atoms with van der Waals surface area (Å²) in [5.74, 6) is -0.720. The average Bonchev–Trinajstić information content (AvgIpc) is 2.74. The highest BCUT2D eigenvalue weighted by Gasteiger charge is 2.50. The number of esters is 1. The van der Waals surface area contributed by atoms with E-state index in [1.807, 2.05) is 4.90 Å². The van der Waals surface area contributed by atoms with E-state index in [2.05, 4.69) is 20.8 Å². The molecular formula is C18H24N2O4. The summed E-state index contributed by atoms with van der Waals surface area (Å²) in [6.07, 6.45) is 5.58. The molecule has 0 radical (unpaired) electrons. The summed E-state index contributed by atoms with van der Waals surface area (Å²) in [5.41, 5.74) is 0.664. The lowest BCUT2D eigenvalue weighted by Crippen LogP contribution is -2.39. The van der Waals surface area contributed by atoms with E-state index in [9.17, 15) is 14.8 Å². The third kappa shape index (κ3) is 3.37. The van der Waals surface area contributed by atoms with E-state index < -0.39 is 5.97 Å². The first-order chi connectivity index (χ1) is 11.2. The number of likely N-dealkylation sites (tertiary alicyclic amines) is 1. The van der Waals surface area contributed by atoms with E-state index in [0.717, 1.165) is 25.8 Å². The number of amides is 1. The lowest BCUT2D eigenvalue weighted by atomic mass is 9.65. The van der Waals surface area contributed by atoms with E-state index in [1.165, 1.54) is 24.5 Å². The summed E-state index contributed by atoms with van der Waals surface area (Å²) in [4.78, 5) is 26.4. The predicted octanol–water partition coefficient (Wildman–Crippen LogP) is 1.90. The van der Waals surface area contributed by atoms with Crippen LogP contribution in [0.15, 0.2) is 24.5 Å². The Morgan fingerprint density at radius 2 is 1.96 bits per heavy atom. The Morgan fingerprint density at radius 1 is 1.29 bits per heavy atom. The standard InChI is InChI=1S/C18H24N2O4/c1-17(2)8-14-9-18(3,11-17)12-20(14)15(21)10-24-16(22)13-4-6-19(23)7-5-13/h4-7,14H,8-12H2,1-3H3/t14-,18-/m1/s1. The first-order valence-electron chi connectivity index (χ1n) is 8.33. The van der Waals surface area contributed by atoms with Gasteiger partial charge in [-0.05, 0) is 30.1 Å². The predicted molar refractivity (Wildman–Crippen MR) is 86.9 cm³/mol. The minimum absolute atomic E-state index is 0.135. The van der Waals surface area contributed by atoms with E-state index in [-0.39, 0.29) is 34.9 Å². The highest BCUT2D eigenvalue weighted by Crippen LogP contribution is 2.52. The molecule has 6 nitrogen and oxygen atoms in total. The summed E-state index contributed by atoms with van der Waals surface area (Å²) in [6, 6.07) is 3.00. The minimum atomic E-state index is -0.585. The molecule has 1 aliphatic heterocycles. The maximum atomic E-state index is 12.5. The molecule has 24 heavy (non-hydrogen) atoms. The third-order valence-corrected chi connectivity index (χ3v) is 5.10. The van der Waals surface area contributed by atoms with Crippen LogP contribution >= 0.6 is 0 Å². The number of hydrogen-bond donors (Lipinski definition) is 0. The third-order valence-electron chi connectivity index (χ3n) is 5.10. The second-order valence-electron chi connectivity index (χ2n) is 8.26. The molecule has 0 N–H and O–H groups in total. The molecule has 0 aromatic carbocycles. The normalized spacial score (nSPS) is 27.8. The molecule has 2 atom stereocenters. The van der Waals surface area contributed by atoms with Crippen molar-refractivity contribution in [1.29, 1.82) is 0 Å². The van der Waals surface area contributed by atoms with Gasteiger partial charge in [0.2, 0.25) is 0 Å². The van der Waals surface area contributed by atoms with Crippen molar-refractivity contribution in [3.8, 4) is 0 Å². The van der Waals surface area contributed by atoms with Gasteiger partial charge < -0.3 is 14.8 Å². The van der Waals surface area contributed by atoms with Crippen LogP contribution in [0.5, 0.6) is 0 Å². The van der Waals surface area contributed by atoms with Gasteiger partial charge in [0, 0.05) is 24.7 Å². The smallest absolute Gasteiger partial charge is 0.339 e. The molecule has 1 amide bonds. The Kier molecular flexibility index (Phi) is 4.01. The Morgan fingerprint density at radius 3 is 2.62 bits per heavy atom. The molecule has 1 aromatic heterocycles. The maximum absolute atomic E-state index is 12.5. The van der Waals surface area contributed by atoms with E-state index in [1.54, 1.807) is 0 Å². The minimum Gasteiger partial charge on any atom is -0.619 e. The van der Waals surface area contributed by atoms with Gasteiger partial charge in [0.15, 0.2) is 19.0 Å². The van der Waals surface area contributed by atoms with Crippen LogP contribution in [0.25, 0.3) is 0 Å². The summed E-state index contributed by atoms with van der Waals surface area (Å²) in [6.45, 7) is 7.23. The molecule has 1 aromatic rings. The second kappa shape index (κ2) is 5.76. The lowest BCUT2D eigenvalue weighted by molar-refractivity contribution is -0.605. The number of aromatic nitrogens is 1. The molecular weight excluding hydrogens is 308 g/mol. The van der Waals surface area contributed by atoms with Gasteiger partial charge in [-0.1, -0.05) is 20.8 Å². The summed E-state index contributed by atoms with van der Waals surface area (Å²) in [7, 11) is 0. The fourth-order valence-electron chi connectivity index (χ4n) is 4.59. The van der Waals surface area contributed by atoms with E-state index in [4.69, 9.17) is 4.74 Å². The van der Waals surface area contributed by atoms with Gasteiger partial charge in [0.1, 0.15) is 0 Å². The topological polar surface area (TPSA) is 73.5 Å². The van der Waals surface area contributed by atoms with Crippen LogP contribution in [0.2, 0.25) is 0 Å². The maximum Gasteiger partial charge on any atom is 0.339 e. The van der Waals surface area contributed by atoms with Crippen molar-refractivity contribution in [1.82, 2.24) is 4.90 Å². The van der Waals surface area contributed by atoms with Crippen molar-refractivity contribution in [3.05, 3.63) is 35.3 Å². The first-order valence-corrected chi connectivity index (χ1v) is 8.33. The van der Waals surface area contributed by atoms with Crippen LogP contribution in [-0.2, 0) is 9.53 Å². The van der Waals surface area contributed by atoms with Crippen molar-refractivity contribution < 1.29 is 19.1 Å². The Hall–Kier alpha value is -2.11. The molecule has 6 heteroatoms. The highest BCUT2D eigenvalue weighted by molar-refractivity contribution is 5.91. The van der Waals surface area contributed by atoms with Gasteiger partial charge in [-0.2, -0.15) is 4.73 Å². The molecule has 1 saturated carbocycles. The van der Waals surface area contributed by atoms with Crippen LogP contribution in [-0.4, -0.2) is 36.0 Å². The van der Waals surface area contributed by atoms with Crippen molar-refractivity contribution in [2.45, 2.75) is 46.1 Å². The van der Waals surface area contributed by atoms with Crippen molar-refractivity contribution in [2.75, 3.05) is 13.2 Å². The highest BCUT2D eigenvalue weighted by atomic mass is 16.5. The Bertz CT molecular complexity index is 655. The molecule has 0 unspecified atom stereocenters. The molecule has 2 bridgehead atoms. The van der Waals surface area contributed by atoms with Crippen LogP contribution in [0, 0.1) is 16.0 Å². The molecule has 0 spiro atoms. The molecule has 2 heterocycles. The molecule has 1 saturated heterocycles. The van der Waals surface area contributed by atoms with Crippen molar-refractivity contribution in [2.24, 2.45) is 10.8 Å². The zero-order valence-electron chi connectivity index (χ0n) is 14.4. The van der Waals surface area contributed by atoms with E-state index in [0.29, 0.717) is 4.73 Å². The summed E-state index contributed by atoms with van der Waals surface area (Å²) in [5, 5.41) is 11.0. The number of nitrogens with zero attached hydrogens (tertiary/aromatic N) is 2. The SMILES string of the molecule is CC1(C)C[C@@H]2C[C@@](C)(CN2C(=O)COC(=O)c2cc[n+]([O-])cc2)C1. The zero-order chi connectivity index (χ0) is 17.5. The second-order valence-corrected chi connectivity index (χ2v) is 8.26. The average molecular weight is 332 g/mol. The van der Waals surface area contributed by atoms with Crippen LogP contribution in [0.4, 0.5) is 0 Å². The fraction of sp³-hybridized carbons (Fsp3) is 0.611. The zero-order valence-corrected chi connectivity index (χ0v) is 14.4. The van der Waals surface area contributed by atoms with Gasteiger partial charge in [-0.3, -0.25) is 4.79 Å².